The fourth-order valence-electron chi connectivity index (χ4n) is 8.48. The second-order valence-corrected chi connectivity index (χ2v) is 15.2. The lowest BCUT2D eigenvalue weighted by Crippen LogP contribution is -2.10. The van der Waals surface area contributed by atoms with Crippen LogP contribution in [0.25, 0.3) is 78.0 Å². The van der Waals surface area contributed by atoms with Crippen LogP contribution in [0, 0.1) is 0 Å². The van der Waals surface area contributed by atoms with Crippen LogP contribution in [-0.2, 0) is 0 Å². The zero-order chi connectivity index (χ0) is 41.8. The minimum atomic E-state index is 0.587. The molecule has 6 heteroatoms. The molecule has 3 aromatic heterocycles. The Morgan fingerprint density at radius 3 is 1.82 bits per heavy atom. The van der Waals surface area contributed by atoms with E-state index < -0.39 is 0 Å². The van der Waals surface area contributed by atoms with Gasteiger partial charge in [-0.1, -0.05) is 164 Å². The standard InChI is InChI=1S/C56H44N6/c1-3-20-39(21-4-2)38-57-56-52(58-43-27-13-7-14-28-43)48-35-34-47-46-32-17-18-33-51(46)61(53(47)54(48)62(56)44-29-15-8-16-30-44)45-31-19-26-42(36-45)55-59-49(40-22-9-5-10-23-40)37-50(60-55)41-24-11-6-12-25-41/h3-37,57-58H,1,38H2,2H3/b21-4-,39-20+. The number of benzene rings is 7. The van der Waals surface area contributed by atoms with Gasteiger partial charge in [-0.05, 0) is 67.1 Å². The Morgan fingerprint density at radius 1 is 0.565 bits per heavy atom. The van der Waals surface area contributed by atoms with Crippen molar-refractivity contribution in [2.75, 3.05) is 17.2 Å². The highest BCUT2D eigenvalue weighted by Crippen LogP contribution is 2.46. The largest absolute Gasteiger partial charge is 0.365 e. The van der Waals surface area contributed by atoms with Gasteiger partial charge in [0.25, 0.3) is 0 Å². The summed E-state index contributed by atoms with van der Waals surface area (Å²) in [5.74, 6) is 1.61. The molecule has 7 aromatic carbocycles. The SMILES string of the molecule is C=C/C=C(\C=C/C)CNc1c(Nc2ccccc2)c2ccc3c4ccccc4n(-c4cccc(-c5nc(-c6ccccc6)cc(-c6ccccc6)n5)c4)c3c2n1-c1ccccc1. The van der Waals surface area contributed by atoms with Gasteiger partial charge in [0.05, 0.1) is 33.6 Å². The second kappa shape index (κ2) is 16.8. The minimum Gasteiger partial charge on any atom is -0.365 e. The molecule has 0 amide bonds. The number of anilines is 3. The zero-order valence-corrected chi connectivity index (χ0v) is 34.4. The van der Waals surface area contributed by atoms with Gasteiger partial charge in [-0.3, -0.25) is 4.57 Å². The predicted molar refractivity (Wildman–Crippen MR) is 261 cm³/mol. The maximum atomic E-state index is 5.21. The van der Waals surface area contributed by atoms with Crippen molar-refractivity contribution in [2.45, 2.75) is 6.92 Å². The van der Waals surface area contributed by atoms with E-state index in [4.69, 9.17) is 9.97 Å². The molecule has 10 rings (SSSR count). The predicted octanol–water partition coefficient (Wildman–Crippen LogP) is 14.4. The van der Waals surface area contributed by atoms with Crippen molar-refractivity contribution < 1.29 is 0 Å². The van der Waals surface area contributed by atoms with Crippen LogP contribution in [-0.4, -0.2) is 25.6 Å². The van der Waals surface area contributed by atoms with Crippen molar-refractivity contribution in [3.05, 3.63) is 225 Å². The van der Waals surface area contributed by atoms with Gasteiger partial charge in [0.15, 0.2) is 5.82 Å². The Morgan fingerprint density at radius 2 is 1.15 bits per heavy atom. The third kappa shape index (κ3) is 7.14. The molecule has 3 heterocycles. The van der Waals surface area contributed by atoms with E-state index in [9.17, 15) is 0 Å². The molecule has 0 aliphatic carbocycles. The summed E-state index contributed by atoms with van der Waals surface area (Å²) in [7, 11) is 0. The Kier molecular flexibility index (Phi) is 10.3. The summed E-state index contributed by atoms with van der Waals surface area (Å²) in [6.07, 6.45) is 8.08. The molecule has 0 unspecified atom stereocenters. The smallest absolute Gasteiger partial charge is 0.160 e. The van der Waals surface area contributed by atoms with E-state index in [-0.39, 0.29) is 0 Å². The van der Waals surface area contributed by atoms with E-state index in [1.54, 1.807) is 0 Å². The van der Waals surface area contributed by atoms with Gasteiger partial charge in [0, 0.05) is 56.5 Å². The third-order valence-electron chi connectivity index (χ3n) is 11.2. The fraction of sp³-hybridized carbons (Fsp3) is 0.0357. The van der Waals surface area contributed by atoms with Crippen molar-refractivity contribution in [2.24, 2.45) is 0 Å². The first-order chi connectivity index (χ1) is 30.7. The highest BCUT2D eigenvalue weighted by molar-refractivity contribution is 6.22. The van der Waals surface area contributed by atoms with Crippen LogP contribution < -0.4 is 10.6 Å². The molecule has 0 aliphatic rings. The molecule has 298 valence electrons. The lowest BCUT2D eigenvalue weighted by Gasteiger charge is -2.17. The van der Waals surface area contributed by atoms with Crippen molar-refractivity contribution in [1.29, 1.82) is 0 Å². The maximum absolute atomic E-state index is 5.21. The molecule has 0 saturated heterocycles. The fourth-order valence-corrected chi connectivity index (χ4v) is 8.48. The van der Waals surface area contributed by atoms with Crippen molar-refractivity contribution in [3.63, 3.8) is 0 Å². The van der Waals surface area contributed by atoms with Gasteiger partial charge in [0.2, 0.25) is 0 Å². The Bertz CT molecular complexity index is 3210. The number of nitrogens with one attached hydrogen (secondary N) is 2. The maximum Gasteiger partial charge on any atom is 0.160 e. The first kappa shape index (κ1) is 38.0. The summed E-state index contributed by atoms with van der Waals surface area (Å²) >= 11 is 0. The normalized spacial score (nSPS) is 11.8. The summed E-state index contributed by atoms with van der Waals surface area (Å²) in [6.45, 7) is 6.63. The van der Waals surface area contributed by atoms with E-state index in [1.807, 2.05) is 31.2 Å². The zero-order valence-electron chi connectivity index (χ0n) is 34.4. The van der Waals surface area contributed by atoms with E-state index in [2.05, 4.69) is 214 Å². The molecule has 0 radical (unpaired) electrons. The molecule has 0 bridgehead atoms. The van der Waals surface area contributed by atoms with Crippen molar-refractivity contribution in [1.82, 2.24) is 19.1 Å². The van der Waals surface area contributed by atoms with Crippen LogP contribution in [0.15, 0.2) is 225 Å². The lowest BCUT2D eigenvalue weighted by atomic mass is 10.1. The van der Waals surface area contributed by atoms with Crippen LogP contribution in [0.2, 0.25) is 0 Å². The van der Waals surface area contributed by atoms with Crippen LogP contribution in [0.5, 0.6) is 0 Å². The number of para-hydroxylation sites is 3. The van der Waals surface area contributed by atoms with Crippen LogP contribution in [0.4, 0.5) is 17.2 Å². The van der Waals surface area contributed by atoms with E-state index in [0.717, 1.165) is 89.5 Å². The van der Waals surface area contributed by atoms with Gasteiger partial charge in [-0.25, -0.2) is 9.97 Å². The number of rotatable bonds is 12. The molecule has 10 aromatic rings. The van der Waals surface area contributed by atoms with Crippen LogP contribution in [0.3, 0.4) is 0 Å². The number of nitrogens with zero attached hydrogens (tertiary/aromatic N) is 4. The molecule has 0 atom stereocenters. The van der Waals surface area contributed by atoms with Gasteiger partial charge >= 0.3 is 0 Å². The number of aromatic nitrogens is 4. The molecule has 0 aliphatic heterocycles. The molecule has 62 heavy (non-hydrogen) atoms. The average molecular weight is 801 g/mol. The summed E-state index contributed by atoms with van der Waals surface area (Å²) < 4.78 is 4.79. The van der Waals surface area contributed by atoms with Gasteiger partial charge in [-0.15, -0.1) is 0 Å². The number of allylic oxidation sites excluding steroid dienone is 3. The van der Waals surface area contributed by atoms with Gasteiger partial charge in [-0.2, -0.15) is 0 Å². The monoisotopic (exact) mass is 800 g/mol. The molecule has 0 saturated carbocycles. The lowest BCUT2D eigenvalue weighted by molar-refractivity contribution is 1.09. The first-order valence-electron chi connectivity index (χ1n) is 21.0. The molecule has 0 spiro atoms. The van der Waals surface area contributed by atoms with E-state index in [0.29, 0.717) is 12.4 Å². The Labute approximate surface area is 361 Å². The first-order valence-corrected chi connectivity index (χ1v) is 21.0. The third-order valence-corrected chi connectivity index (χ3v) is 11.2. The summed E-state index contributed by atoms with van der Waals surface area (Å²) in [5.41, 5.74) is 13.2. The van der Waals surface area contributed by atoms with Crippen molar-refractivity contribution in [3.8, 4) is 45.3 Å². The summed E-state index contributed by atoms with van der Waals surface area (Å²) in [6, 6.07) is 65.6. The molecular formula is C56H44N6. The number of fused-ring (bicyclic) bond motifs is 5. The highest BCUT2D eigenvalue weighted by Gasteiger charge is 2.25. The second-order valence-electron chi connectivity index (χ2n) is 15.2. The quantitative estimate of drug-likeness (QED) is 0.121. The van der Waals surface area contributed by atoms with E-state index in [1.165, 1.54) is 5.39 Å². The Hall–Kier alpha value is -8.22. The number of hydrogen-bond donors (Lipinski definition) is 2. The van der Waals surface area contributed by atoms with Crippen molar-refractivity contribution >= 4 is 49.9 Å². The average Bonchev–Trinajstić information content (AvgIpc) is 3.84. The van der Waals surface area contributed by atoms with Crippen LogP contribution >= 0.6 is 0 Å². The highest BCUT2D eigenvalue weighted by atomic mass is 15.2. The summed E-state index contributed by atoms with van der Waals surface area (Å²) in [4.78, 5) is 10.4. The Balaban J connectivity index is 1.25. The summed E-state index contributed by atoms with van der Waals surface area (Å²) in [5, 5.41) is 11.1. The van der Waals surface area contributed by atoms with Gasteiger partial charge in [0.1, 0.15) is 5.82 Å². The molecule has 2 N–H and O–H groups in total. The van der Waals surface area contributed by atoms with Gasteiger partial charge < -0.3 is 15.2 Å². The molecular weight excluding hydrogens is 757 g/mol. The molecule has 6 nitrogen and oxygen atoms in total. The topological polar surface area (TPSA) is 59.7 Å². The molecule has 0 fully saturated rings. The van der Waals surface area contributed by atoms with E-state index >= 15 is 0 Å². The van der Waals surface area contributed by atoms with Crippen LogP contribution in [0.1, 0.15) is 6.92 Å². The minimum absolute atomic E-state index is 0.587. The number of hydrogen-bond acceptors (Lipinski definition) is 4.